The molecule has 0 amide bonds. The van der Waals surface area contributed by atoms with Gasteiger partial charge in [0, 0.05) is 11.3 Å². The van der Waals surface area contributed by atoms with Gasteiger partial charge in [-0.05, 0) is 50.5 Å². The second kappa shape index (κ2) is 4.82. The van der Waals surface area contributed by atoms with Crippen LogP contribution in [0.15, 0.2) is 36.4 Å². The van der Waals surface area contributed by atoms with Crippen molar-refractivity contribution in [2.24, 2.45) is 0 Å². The summed E-state index contributed by atoms with van der Waals surface area (Å²) in [5.41, 5.74) is 9.18. The summed E-state index contributed by atoms with van der Waals surface area (Å²) >= 11 is 0. The fraction of sp³-hybridized carbons (Fsp3) is 0.263. The van der Waals surface area contributed by atoms with Crippen molar-refractivity contribution in [1.82, 2.24) is 0 Å². The highest BCUT2D eigenvalue weighted by Crippen LogP contribution is 2.33. The third kappa shape index (κ3) is 2.36. The Morgan fingerprint density at radius 2 is 1.45 bits per heavy atom. The Kier molecular flexibility index (Phi) is 3.13. The summed E-state index contributed by atoms with van der Waals surface area (Å²) in [5.74, 6) is 0. The summed E-state index contributed by atoms with van der Waals surface area (Å²) < 4.78 is 0. The topological polar surface area (TPSA) is 12.0 Å². The van der Waals surface area contributed by atoms with Crippen LogP contribution in [-0.2, 0) is 0 Å². The molecular formula is C19H21N. The molecule has 0 aliphatic carbocycles. The van der Waals surface area contributed by atoms with E-state index in [0.29, 0.717) is 0 Å². The third-order valence-electron chi connectivity index (χ3n) is 3.90. The Morgan fingerprint density at radius 3 is 2.15 bits per heavy atom. The summed E-state index contributed by atoms with van der Waals surface area (Å²) in [6, 6.07) is 11.5. The normalized spacial score (nSPS) is 16.7. The SMILES string of the molecule is Cc1cc(C)cc(C2C=Cc3c(C)cc(C)cc3N2)c1. The number of rotatable bonds is 1. The maximum atomic E-state index is 3.66. The molecule has 20 heavy (non-hydrogen) atoms. The molecule has 1 N–H and O–H groups in total. The highest BCUT2D eigenvalue weighted by atomic mass is 14.9. The fourth-order valence-electron chi connectivity index (χ4n) is 3.11. The minimum atomic E-state index is 0.266. The van der Waals surface area contributed by atoms with Gasteiger partial charge in [-0.3, -0.25) is 0 Å². The second-order valence-corrected chi connectivity index (χ2v) is 5.95. The minimum absolute atomic E-state index is 0.266. The average molecular weight is 263 g/mol. The van der Waals surface area contributed by atoms with Crippen LogP contribution in [0.25, 0.3) is 6.08 Å². The first-order valence-corrected chi connectivity index (χ1v) is 7.17. The van der Waals surface area contributed by atoms with Crippen molar-refractivity contribution in [3.63, 3.8) is 0 Å². The molecule has 1 unspecified atom stereocenters. The van der Waals surface area contributed by atoms with E-state index in [1.807, 2.05) is 0 Å². The van der Waals surface area contributed by atoms with E-state index >= 15 is 0 Å². The summed E-state index contributed by atoms with van der Waals surface area (Å²) in [6.07, 6.45) is 4.52. The van der Waals surface area contributed by atoms with Gasteiger partial charge < -0.3 is 5.32 Å². The largest absolute Gasteiger partial charge is 0.374 e. The molecule has 0 fully saturated rings. The van der Waals surface area contributed by atoms with Gasteiger partial charge in [0.2, 0.25) is 0 Å². The van der Waals surface area contributed by atoms with Crippen molar-refractivity contribution < 1.29 is 0 Å². The lowest BCUT2D eigenvalue weighted by molar-refractivity contribution is 0.969. The fourth-order valence-corrected chi connectivity index (χ4v) is 3.11. The van der Waals surface area contributed by atoms with E-state index < -0.39 is 0 Å². The van der Waals surface area contributed by atoms with Gasteiger partial charge >= 0.3 is 0 Å². The Morgan fingerprint density at radius 1 is 0.800 bits per heavy atom. The molecule has 1 nitrogen and oxygen atoms in total. The molecule has 1 heteroatoms. The number of hydrogen-bond acceptors (Lipinski definition) is 1. The first-order valence-electron chi connectivity index (χ1n) is 7.17. The Hall–Kier alpha value is -2.02. The lowest BCUT2D eigenvalue weighted by Gasteiger charge is -2.25. The summed E-state index contributed by atoms with van der Waals surface area (Å²) in [6.45, 7) is 8.64. The van der Waals surface area contributed by atoms with Crippen molar-refractivity contribution in [3.8, 4) is 0 Å². The zero-order chi connectivity index (χ0) is 14.3. The molecule has 0 saturated heterocycles. The Balaban J connectivity index is 2.00. The number of hydrogen-bond donors (Lipinski definition) is 1. The van der Waals surface area contributed by atoms with E-state index in [4.69, 9.17) is 0 Å². The van der Waals surface area contributed by atoms with Crippen LogP contribution in [0.3, 0.4) is 0 Å². The van der Waals surface area contributed by atoms with Gasteiger partial charge in [-0.1, -0.05) is 47.5 Å². The maximum absolute atomic E-state index is 3.66. The molecule has 0 aromatic heterocycles. The highest BCUT2D eigenvalue weighted by molar-refractivity contribution is 5.74. The average Bonchev–Trinajstić information content (AvgIpc) is 2.36. The molecule has 3 rings (SSSR count). The molecule has 0 radical (unpaired) electrons. The lowest BCUT2D eigenvalue weighted by atomic mass is 9.94. The van der Waals surface area contributed by atoms with Crippen LogP contribution in [0.4, 0.5) is 5.69 Å². The molecule has 0 saturated carbocycles. The van der Waals surface area contributed by atoms with Crippen LogP contribution in [0.2, 0.25) is 0 Å². The highest BCUT2D eigenvalue weighted by Gasteiger charge is 2.16. The summed E-state index contributed by atoms with van der Waals surface area (Å²) in [4.78, 5) is 0. The van der Waals surface area contributed by atoms with Gasteiger partial charge in [-0.25, -0.2) is 0 Å². The predicted molar refractivity (Wildman–Crippen MR) is 87.2 cm³/mol. The second-order valence-electron chi connectivity index (χ2n) is 5.95. The van der Waals surface area contributed by atoms with E-state index in [-0.39, 0.29) is 6.04 Å². The standard InChI is InChI=1S/C19H21N/c1-12-7-13(2)10-16(9-12)18-6-5-17-15(4)8-14(3)11-19(17)20-18/h5-11,18,20H,1-4H3. The van der Waals surface area contributed by atoms with Crippen molar-refractivity contribution in [2.45, 2.75) is 33.7 Å². The molecule has 1 atom stereocenters. The number of anilines is 1. The number of fused-ring (bicyclic) bond motifs is 1. The molecule has 1 aliphatic heterocycles. The molecule has 0 spiro atoms. The van der Waals surface area contributed by atoms with E-state index in [9.17, 15) is 0 Å². The predicted octanol–water partition coefficient (Wildman–Crippen LogP) is 5.10. The van der Waals surface area contributed by atoms with Crippen molar-refractivity contribution in [1.29, 1.82) is 0 Å². The maximum Gasteiger partial charge on any atom is 0.0701 e. The number of aryl methyl sites for hydroxylation is 4. The Labute approximate surface area is 121 Å². The van der Waals surface area contributed by atoms with Crippen LogP contribution >= 0.6 is 0 Å². The molecule has 1 heterocycles. The van der Waals surface area contributed by atoms with Gasteiger partial charge in [0.1, 0.15) is 0 Å². The molecule has 0 bridgehead atoms. The van der Waals surface area contributed by atoms with Gasteiger partial charge in [0.15, 0.2) is 0 Å². The van der Waals surface area contributed by atoms with Crippen LogP contribution < -0.4 is 5.32 Å². The van der Waals surface area contributed by atoms with Crippen molar-refractivity contribution in [2.75, 3.05) is 5.32 Å². The van der Waals surface area contributed by atoms with Crippen molar-refractivity contribution in [3.05, 3.63) is 69.8 Å². The first-order chi connectivity index (χ1) is 9.52. The zero-order valence-electron chi connectivity index (χ0n) is 12.6. The molecule has 2 aromatic carbocycles. The molecule has 2 aromatic rings. The lowest BCUT2D eigenvalue weighted by Crippen LogP contribution is -2.13. The van der Waals surface area contributed by atoms with Crippen LogP contribution in [0.1, 0.15) is 39.4 Å². The van der Waals surface area contributed by atoms with Gasteiger partial charge in [0.25, 0.3) is 0 Å². The summed E-state index contributed by atoms with van der Waals surface area (Å²) in [5, 5.41) is 3.66. The van der Waals surface area contributed by atoms with E-state index in [1.165, 1.54) is 39.1 Å². The number of benzene rings is 2. The zero-order valence-corrected chi connectivity index (χ0v) is 12.6. The van der Waals surface area contributed by atoms with Crippen LogP contribution in [0, 0.1) is 27.7 Å². The van der Waals surface area contributed by atoms with Crippen LogP contribution in [-0.4, -0.2) is 0 Å². The molecule has 102 valence electrons. The quantitative estimate of drug-likeness (QED) is 0.754. The Bertz CT molecular complexity index is 675. The first kappa shape index (κ1) is 13.0. The van der Waals surface area contributed by atoms with Crippen molar-refractivity contribution >= 4 is 11.8 Å². The van der Waals surface area contributed by atoms with Gasteiger partial charge in [-0.2, -0.15) is 0 Å². The van der Waals surface area contributed by atoms with Crippen LogP contribution in [0.5, 0.6) is 0 Å². The van der Waals surface area contributed by atoms with E-state index in [2.05, 4.69) is 75.5 Å². The molecular weight excluding hydrogens is 242 g/mol. The smallest absolute Gasteiger partial charge is 0.0701 e. The van der Waals surface area contributed by atoms with E-state index in [1.54, 1.807) is 0 Å². The third-order valence-corrected chi connectivity index (χ3v) is 3.90. The van der Waals surface area contributed by atoms with Gasteiger partial charge in [-0.15, -0.1) is 0 Å². The summed E-state index contributed by atoms with van der Waals surface area (Å²) in [7, 11) is 0. The number of nitrogens with one attached hydrogen (secondary N) is 1. The minimum Gasteiger partial charge on any atom is -0.374 e. The molecule has 1 aliphatic rings. The van der Waals surface area contributed by atoms with E-state index in [0.717, 1.165) is 0 Å². The monoisotopic (exact) mass is 263 g/mol. The van der Waals surface area contributed by atoms with Gasteiger partial charge in [0.05, 0.1) is 6.04 Å².